The third-order valence-corrected chi connectivity index (χ3v) is 5.15. The minimum absolute atomic E-state index is 0.000650. The number of hydrogen-bond acceptors (Lipinski definition) is 4. The van der Waals surface area contributed by atoms with E-state index in [9.17, 15) is 9.59 Å². The zero-order valence-corrected chi connectivity index (χ0v) is 17.2. The number of nitrogens with one attached hydrogen (secondary N) is 1. The van der Waals surface area contributed by atoms with Gasteiger partial charge in [-0.2, -0.15) is 0 Å². The maximum Gasteiger partial charge on any atom is 0.254 e. The summed E-state index contributed by atoms with van der Waals surface area (Å²) in [5, 5.41) is 2.88. The fraction of sp³-hybridized carbons (Fsp3) is 0.333. The van der Waals surface area contributed by atoms with Crippen molar-refractivity contribution >= 4 is 35.0 Å². The molecule has 0 heterocycles. The molecule has 2 amide bonds. The lowest BCUT2D eigenvalue weighted by atomic mass is 10.1. The second-order valence-corrected chi connectivity index (χ2v) is 6.98. The van der Waals surface area contributed by atoms with Crippen molar-refractivity contribution in [1.29, 1.82) is 0 Å². The van der Waals surface area contributed by atoms with Crippen LogP contribution < -0.4 is 10.2 Å². The molecule has 0 unspecified atom stereocenters. The molecule has 0 saturated heterocycles. The number of amides is 2. The number of anilines is 2. The highest BCUT2D eigenvalue weighted by Gasteiger charge is 2.16. The molecular formula is C21H27N3O2S. The first-order valence-electron chi connectivity index (χ1n) is 9.03. The maximum absolute atomic E-state index is 12.6. The molecule has 0 aromatic heterocycles. The average molecular weight is 386 g/mol. The molecule has 0 saturated carbocycles. The van der Waals surface area contributed by atoms with Crippen LogP contribution in [-0.2, 0) is 4.79 Å². The summed E-state index contributed by atoms with van der Waals surface area (Å²) in [6, 6.07) is 15.1. The van der Waals surface area contributed by atoms with Crippen molar-refractivity contribution < 1.29 is 9.59 Å². The molecule has 0 radical (unpaired) electrons. The molecule has 0 fully saturated rings. The van der Waals surface area contributed by atoms with Crippen molar-refractivity contribution in [3.63, 3.8) is 0 Å². The lowest BCUT2D eigenvalue weighted by Crippen LogP contribution is -2.35. The van der Waals surface area contributed by atoms with Crippen LogP contribution in [0.4, 0.5) is 11.4 Å². The van der Waals surface area contributed by atoms with E-state index in [4.69, 9.17) is 0 Å². The zero-order valence-electron chi connectivity index (χ0n) is 16.4. The number of benzene rings is 2. The van der Waals surface area contributed by atoms with Gasteiger partial charge in [-0.15, -0.1) is 11.8 Å². The Morgan fingerprint density at radius 3 is 2.22 bits per heavy atom. The Kier molecular flexibility index (Phi) is 7.73. The van der Waals surface area contributed by atoms with E-state index in [1.165, 1.54) is 4.90 Å². The molecule has 0 bridgehead atoms. The maximum atomic E-state index is 12.6. The van der Waals surface area contributed by atoms with E-state index in [0.717, 1.165) is 29.4 Å². The lowest BCUT2D eigenvalue weighted by molar-refractivity contribution is -0.116. The van der Waals surface area contributed by atoms with Crippen molar-refractivity contribution in [2.24, 2.45) is 0 Å². The van der Waals surface area contributed by atoms with Crippen LogP contribution in [0.15, 0.2) is 53.4 Å². The van der Waals surface area contributed by atoms with Gasteiger partial charge >= 0.3 is 0 Å². The molecule has 2 rings (SSSR count). The van der Waals surface area contributed by atoms with Gasteiger partial charge in [0.05, 0.1) is 12.2 Å². The zero-order chi connectivity index (χ0) is 19.8. The first-order chi connectivity index (χ1) is 13.0. The predicted molar refractivity (Wildman–Crippen MR) is 114 cm³/mol. The van der Waals surface area contributed by atoms with Crippen LogP contribution in [0.1, 0.15) is 24.2 Å². The van der Waals surface area contributed by atoms with Crippen molar-refractivity contribution in [3.05, 3.63) is 54.1 Å². The van der Waals surface area contributed by atoms with Gasteiger partial charge in [-0.25, -0.2) is 0 Å². The summed E-state index contributed by atoms with van der Waals surface area (Å²) in [5.41, 5.74) is 2.43. The molecule has 2 aromatic rings. The van der Waals surface area contributed by atoms with Crippen LogP contribution in [-0.4, -0.2) is 49.7 Å². The standard InChI is InChI=1S/C21H27N3O2S/c1-5-24(6-2)17-13-11-16(12-14-17)21(26)23(3)15-20(25)22-18-9-7-8-10-19(18)27-4/h7-14H,5-6,15H2,1-4H3,(H,22,25). The Labute approximate surface area is 165 Å². The molecule has 2 aromatic carbocycles. The summed E-state index contributed by atoms with van der Waals surface area (Å²) in [4.78, 5) is 29.6. The minimum atomic E-state index is -0.216. The van der Waals surface area contributed by atoms with Gasteiger partial charge in [0.2, 0.25) is 5.91 Å². The second-order valence-electron chi connectivity index (χ2n) is 6.13. The molecule has 27 heavy (non-hydrogen) atoms. The molecule has 144 valence electrons. The normalized spacial score (nSPS) is 10.4. The Hall–Kier alpha value is -2.47. The van der Waals surface area contributed by atoms with Crippen LogP contribution >= 0.6 is 11.8 Å². The molecule has 0 aliphatic heterocycles. The van der Waals surface area contributed by atoms with Gasteiger partial charge < -0.3 is 15.1 Å². The smallest absolute Gasteiger partial charge is 0.254 e. The first kappa shape index (κ1) is 20.8. The quantitative estimate of drug-likeness (QED) is 0.699. The Balaban J connectivity index is 1.99. The molecule has 0 aliphatic carbocycles. The van der Waals surface area contributed by atoms with Gasteiger partial charge in [-0.05, 0) is 56.5 Å². The Morgan fingerprint density at radius 2 is 1.63 bits per heavy atom. The van der Waals surface area contributed by atoms with Gasteiger partial charge in [0, 0.05) is 36.3 Å². The molecule has 6 heteroatoms. The van der Waals surface area contributed by atoms with Crippen LogP contribution in [0.2, 0.25) is 0 Å². The largest absolute Gasteiger partial charge is 0.372 e. The number of carbonyl (C=O) groups excluding carboxylic acids is 2. The van der Waals surface area contributed by atoms with Crippen molar-refractivity contribution in [2.75, 3.05) is 43.2 Å². The van der Waals surface area contributed by atoms with E-state index in [1.807, 2.05) is 54.8 Å². The number of hydrogen-bond donors (Lipinski definition) is 1. The monoisotopic (exact) mass is 385 g/mol. The van der Waals surface area contributed by atoms with Gasteiger partial charge in [-0.3, -0.25) is 9.59 Å². The Bertz CT molecular complexity index is 773. The summed E-state index contributed by atoms with van der Waals surface area (Å²) in [6.45, 7) is 6.04. The summed E-state index contributed by atoms with van der Waals surface area (Å²) in [5.74, 6) is -0.387. The third-order valence-electron chi connectivity index (χ3n) is 4.35. The van der Waals surface area contributed by atoms with E-state index >= 15 is 0 Å². The fourth-order valence-electron chi connectivity index (χ4n) is 2.85. The molecular weight excluding hydrogens is 358 g/mol. The molecule has 0 atom stereocenters. The van der Waals surface area contributed by atoms with Crippen molar-refractivity contribution in [1.82, 2.24) is 4.90 Å². The topological polar surface area (TPSA) is 52.7 Å². The summed E-state index contributed by atoms with van der Waals surface area (Å²) in [6.07, 6.45) is 1.96. The van der Waals surface area contributed by atoms with Crippen LogP contribution in [0, 0.1) is 0 Å². The number of para-hydroxylation sites is 1. The highest BCUT2D eigenvalue weighted by molar-refractivity contribution is 7.98. The number of rotatable bonds is 8. The Morgan fingerprint density at radius 1 is 1.00 bits per heavy atom. The highest BCUT2D eigenvalue weighted by atomic mass is 32.2. The summed E-state index contributed by atoms with van der Waals surface area (Å²) >= 11 is 1.57. The van der Waals surface area contributed by atoms with Crippen LogP contribution in [0.25, 0.3) is 0 Å². The van der Waals surface area contributed by atoms with E-state index in [-0.39, 0.29) is 18.4 Å². The van der Waals surface area contributed by atoms with E-state index in [0.29, 0.717) is 5.56 Å². The van der Waals surface area contributed by atoms with Gasteiger partial charge in [0.15, 0.2) is 0 Å². The number of likely N-dealkylation sites (N-methyl/N-ethyl adjacent to an activating group) is 1. The highest BCUT2D eigenvalue weighted by Crippen LogP contribution is 2.24. The second kappa shape index (κ2) is 10.0. The minimum Gasteiger partial charge on any atom is -0.372 e. The van der Waals surface area contributed by atoms with Gasteiger partial charge in [-0.1, -0.05) is 12.1 Å². The van der Waals surface area contributed by atoms with Crippen LogP contribution in [0.3, 0.4) is 0 Å². The van der Waals surface area contributed by atoms with Crippen molar-refractivity contribution in [2.45, 2.75) is 18.7 Å². The molecule has 0 aliphatic rings. The summed E-state index contributed by atoms with van der Waals surface area (Å²) in [7, 11) is 1.64. The van der Waals surface area contributed by atoms with Crippen molar-refractivity contribution in [3.8, 4) is 0 Å². The fourth-order valence-corrected chi connectivity index (χ4v) is 3.40. The predicted octanol–water partition coefficient (Wildman–Crippen LogP) is 3.97. The van der Waals surface area contributed by atoms with Crippen LogP contribution in [0.5, 0.6) is 0 Å². The number of nitrogens with zero attached hydrogens (tertiary/aromatic N) is 2. The third kappa shape index (κ3) is 5.50. The lowest BCUT2D eigenvalue weighted by Gasteiger charge is -2.22. The average Bonchev–Trinajstić information content (AvgIpc) is 2.69. The molecule has 0 spiro atoms. The van der Waals surface area contributed by atoms with E-state index < -0.39 is 0 Å². The summed E-state index contributed by atoms with van der Waals surface area (Å²) < 4.78 is 0. The first-order valence-corrected chi connectivity index (χ1v) is 10.3. The van der Waals surface area contributed by atoms with E-state index in [2.05, 4.69) is 24.1 Å². The SMILES string of the molecule is CCN(CC)c1ccc(C(=O)N(C)CC(=O)Nc2ccccc2SC)cc1. The molecule has 5 nitrogen and oxygen atoms in total. The van der Waals surface area contributed by atoms with Gasteiger partial charge in [0.1, 0.15) is 0 Å². The van der Waals surface area contributed by atoms with E-state index in [1.54, 1.807) is 18.8 Å². The number of thioether (sulfide) groups is 1. The van der Waals surface area contributed by atoms with Gasteiger partial charge in [0.25, 0.3) is 5.91 Å². The molecule has 1 N–H and O–H groups in total. The number of carbonyl (C=O) groups is 2.